The molecule has 3 rings (SSSR count). The first kappa shape index (κ1) is 27.5. The van der Waals surface area contributed by atoms with Crippen LogP contribution in [0.4, 0.5) is 26.3 Å². The van der Waals surface area contributed by atoms with E-state index in [4.69, 9.17) is 9.26 Å². The van der Waals surface area contributed by atoms with Gasteiger partial charge in [0.05, 0.1) is 17.7 Å². The molecule has 0 aliphatic heterocycles. The lowest BCUT2D eigenvalue weighted by molar-refractivity contribution is -0.139. The Bertz CT molecular complexity index is 1110. The summed E-state index contributed by atoms with van der Waals surface area (Å²) >= 11 is 0. The average molecular weight is 515 g/mol. The molecule has 0 fully saturated rings. The van der Waals surface area contributed by atoms with Crippen LogP contribution >= 0.6 is 0 Å². The van der Waals surface area contributed by atoms with Gasteiger partial charge in [-0.05, 0) is 61.6 Å². The van der Waals surface area contributed by atoms with Gasteiger partial charge >= 0.3 is 12.4 Å². The molecule has 0 spiro atoms. The highest BCUT2D eigenvalue weighted by Crippen LogP contribution is 2.39. The van der Waals surface area contributed by atoms with Crippen molar-refractivity contribution in [3.05, 3.63) is 65.0 Å². The normalized spacial score (nSPS) is 13.1. The highest BCUT2D eigenvalue weighted by molar-refractivity contribution is 5.59. The predicted molar refractivity (Wildman–Crippen MR) is 123 cm³/mol. The van der Waals surface area contributed by atoms with E-state index in [1.165, 1.54) is 24.3 Å². The minimum Gasteiger partial charge on any atom is -0.493 e. The van der Waals surface area contributed by atoms with E-state index in [0.717, 1.165) is 37.5 Å². The minimum atomic E-state index is -4.65. The summed E-state index contributed by atoms with van der Waals surface area (Å²) in [6.07, 6.45) is -4.73. The van der Waals surface area contributed by atoms with Gasteiger partial charge in [0.2, 0.25) is 11.7 Å². The molecule has 0 bridgehead atoms. The third-order valence-corrected chi connectivity index (χ3v) is 5.80. The lowest BCUT2D eigenvalue weighted by Crippen LogP contribution is -2.10. The SMILES string of the molecule is CCCC[C@H](C)c1nc(-c2ccc(OCCCCc3ccc(C(F)(F)F)cc3)c(C(F)(F)F)c2)no1. The molecule has 0 aliphatic carbocycles. The van der Waals surface area contributed by atoms with Gasteiger partial charge in [0, 0.05) is 11.5 Å². The van der Waals surface area contributed by atoms with Crippen LogP contribution in [0.25, 0.3) is 11.4 Å². The third-order valence-electron chi connectivity index (χ3n) is 5.80. The smallest absolute Gasteiger partial charge is 0.419 e. The zero-order chi connectivity index (χ0) is 26.3. The van der Waals surface area contributed by atoms with Gasteiger partial charge < -0.3 is 9.26 Å². The van der Waals surface area contributed by atoms with Crippen molar-refractivity contribution in [1.82, 2.24) is 10.1 Å². The number of halogens is 6. The van der Waals surface area contributed by atoms with Crippen LogP contribution in [0.1, 0.15) is 74.5 Å². The van der Waals surface area contributed by atoms with Gasteiger partial charge in [-0.3, -0.25) is 0 Å². The number of aromatic nitrogens is 2. The molecule has 1 heterocycles. The first-order valence-corrected chi connectivity index (χ1v) is 11.8. The van der Waals surface area contributed by atoms with Crippen molar-refractivity contribution in [3.63, 3.8) is 0 Å². The third kappa shape index (κ3) is 7.48. The van der Waals surface area contributed by atoms with Gasteiger partial charge in [0.25, 0.3) is 0 Å². The van der Waals surface area contributed by atoms with E-state index in [2.05, 4.69) is 17.1 Å². The fourth-order valence-electron chi connectivity index (χ4n) is 3.68. The first-order chi connectivity index (χ1) is 17.0. The highest BCUT2D eigenvalue weighted by atomic mass is 19.4. The summed E-state index contributed by atoms with van der Waals surface area (Å²) in [5.74, 6) is 0.182. The fourth-order valence-corrected chi connectivity index (χ4v) is 3.68. The van der Waals surface area contributed by atoms with E-state index in [1.807, 2.05) is 6.92 Å². The van der Waals surface area contributed by atoms with Crippen LogP contribution in [0.5, 0.6) is 5.75 Å². The maximum absolute atomic E-state index is 13.7. The molecule has 0 aliphatic rings. The van der Waals surface area contributed by atoms with Crippen LogP contribution < -0.4 is 4.74 Å². The van der Waals surface area contributed by atoms with Crippen LogP contribution in [0, 0.1) is 0 Å². The molecular weight excluding hydrogens is 486 g/mol. The summed E-state index contributed by atoms with van der Waals surface area (Å²) in [4.78, 5) is 4.27. The summed E-state index contributed by atoms with van der Waals surface area (Å²) in [7, 11) is 0. The number of hydrogen-bond donors (Lipinski definition) is 0. The van der Waals surface area contributed by atoms with Crippen molar-refractivity contribution >= 4 is 0 Å². The Labute approximate surface area is 205 Å². The van der Waals surface area contributed by atoms with Gasteiger partial charge in [0.15, 0.2) is 0 Å². The second-order valence-electron chi connectivity index (χ2n) is 8.71. The molecule has 0 unspecified atom stereocenters. The molecule has 2 aromatic carbocycles. The number of benzene rings is 2. The fraction of sp³-hybridized carbons (Fsp3) is 0.462. The Morgan fingerprint density at radius 2 is 1.64 bits per heavy atom. The molecule has 0 amide bonds. The van der Waals surface area contributed by atoms with Crippen molar-refractivity contribution < 1.29 is 35.6 Å². The molecule has 196 valence electrons. The average Bonchev–Trinajstić information content (AvgIpc) is 3.32. The van der Waals surface area contributed by atoms with Crippen LogP contribution in [-0.4, -0.2) is 16.7 Å². The number of rotatable bonds is 11. The minimum absolute atomic E-state index is 0.0125. The van der Waals surface area contributed by atoms with Crippen LogP contribution in [-0.2, 0) is 18.8 Å². The predicted octanol–water partition coefficient (Wildman–Crippen LogP) is 8.47. The number of hydrogen-bond acceptors (Lipinski definition) is 4. The Hall–Kier alpha value is -3.04. The number of ether oxygens (including phenoxy) is 1. The van der Waals surface area contributed by atoms with Crippen LogP contribution in [0.2, 0.25) is 0 Å². The van der Waals surface area contributed by atoms with Gasteiger partial charge in [-0.25, -0.2) is 0 Å². The molecule has 10 heteroatoms. The van der Waals surface area contributed by atoms with Gasteiger partial charge in [0.1, 0.15) is 5.75 Å². The molecular formula is C26H28F6N2O2. The number of aryl methyl sites for hydroxylation is 1. The molecule has 3 aromatic rings. The van der Waals surface area contributed by atoms with Crippen LogP contribution in [0.15, 0.2) is 47.0 Å². The molecule has 1 atom stereocenters. The quantitative estimate of drug-likeness (QED) is 0.190. The second kappa shape index (κ2) is 11.8. The van der Waals surface area contributed by atoms with Crippen molar-refractivity contribution in [2.24, 2.45) is 0 Å². The summed E-state index contributed by atoms with van der Waals surface area (Å²) in [6.45, 7) is 4.03. The number of nitrogens with zero attached hydrogens (tertiary/aromatic N) is 2. The maximum Gasteiger partial charge on any atom is 0.419 e. The molecule has 0 saturated carbocycles. The van der Waals surface area contributed by atoms with Crippen molar-refractivity contribution in [2.75, 3.05) is 6.61 Å². The Morgan fingerprint density at radius 1 is 0.917 bits per heavy atom. The Morgan fingerprint density at radius 3 is 2.28 bits per heavy atom. The topological polar surface area (TPSA) is 48.2 Å². The molecule has 0 radical (unpaired) electrons. The monoisotopic (exact) mass is 514 g/mol. The molecule has 36 heavy (non-hydrogen) atoms. The van der Waals surface area contributed by atoms with Crippen molar-refractivity contribution in [3.8, 4) is 17.1 Å². The summed E-state index contributed by atoms with van der Waals surface area (Å²) < 4.78 is 89.7. The number of unbranched alkanes of at least 4 members (excludes halogenated alkanes) is 2. The van der Waals surface area contributed by atoms with Gasteiger partial charge in [-0.15, -0.1) is 0 Å². The summed E-state index contributed by atoms with van der Waals surface area (Å²) in [6, 6.07) is 8.48. The maximum atomic E-state index is 13.7. The van der Waals surface area contributed by atoms with Crippen molar-refractivity contribution in [2.45, 2.75) is 70.6 Å². The van der Waals surface area contributed by atoms with E-state index in [1.54, 1.807) is 0 Å². The zero-order valence-electron chi connectivity index (χ0n) is 20.0. The second-order valence-corrected chi connectivity index (χ2v) is 8.71. The van der Waals surface area contributed by atoms with Crippen LogP contribution in [0.3, 0.4) is 0 Å². The molecule has 4 nitrogen and oxygen atoms in total. The van der Waals surface area contributed by atoms with Crippen molar-refractivity contribution in [1.29, 1.82) is 0 Å². The lowest BCUT2D eigenvalue weighted by atomic mass is 10.0. The van der Waals surface area contributed by atoms with E-state index in [-0.39, 0.29) is 29.7 Å². The van der Waals surface area contributed by atoms with Gasteiger partial charge in [-0.2, -0.15) is 31.3 Å². The largest absolute Gasteiger partial charge is 0.493 e. The van der Waals surface area contributed by atoms with E-state index in [9.17, 15) is 26.3 Å². The Kier molecular flexibility index (Phi) is 9.03. The number of alkyl halides is 6. The highest BCUT2D eigenvalue weighted by Gasteiger charge is 2.35. The van der Waals surface area contributed by atoms with Gasteiger partial charge in [-0.1, -0.05) is 44.0 Å². The first-order valence-electron chi connectivity index (χ1n) is 11.8. The lowest BCUT2D eigenvalue weighted by Gasteiger charge is -2.15. The molecule has 0 N–H and O–H groups in total. The summed E-state index contributed by atoms with van der Waals surface area (Å²) in [5, 5.41) is 3.85. The Balaban J connectivity index is 1.60. The zero-order valence-corrected chi connectivity index (χ0v) is 20.0. The molecule has 1 aromatic heterocycles. The van der Waals surface area contributed by atoms with E-state index >= 15 is 0 Å². The summed E-state index contributed by atoms with van der Waals surface area (Å²) in [5.41, 5.74) is -0.768. The van der Waals surface area contributed by atoms with E-state index in [0.29, 0.717) is 30.7 Å². The van der Waals surface area contributed by atoms with E-state index < -0.39 is 23.5 Å². The molecule has 0 saturated heterocycles. The standard InChI is InChI=1S/C26H28F6N2O2/c1-3-4-7-17(2)24-33-23(34-36-24)19-11-14-22(21(16-19)26(30,31)32)35-15-6-5-8-18-9-12-20(13-10-18)25(27,28)29/h9-14,16-17H,3-8,15H2,1-2H3/t17-/m0/s1.